The van der Waals surface area contributed by atoms with Crippen molar-refractivity contribution in [1.29, 1.82) is 0 Å². The number of nitrogens with two attached hydrogens (primary N) is 1. The van der Waals surface area contributed by atoms with Crippen LogP contribution >= 0.6 is 0 Å². The van der Waals surface area contributed by atoms with Crippen molar-refractivity contribution >= 4 is 11.9 Å². The van der Waals surface area contributed by atoms with Crippen molar-refractivity contribution in [2.45, 2.75) is 19.4 Å². The maximum absolute atomic E-state index is 11.6. The third-order valence-electron chi connectivity index (χ3n) is 2.12. The van der Waals surface area contributed by atoms with Gasteiger partial charge in [0.15, 0.2) is 0 Å². The highest BCUT2D eigenvalue weighted by Gasteiger charge is 2.11. The molecule has 0 aliphatic heterocycles. The fourth-order valence-corrected chi connectivity index (χ4v) is 1.23. The number of terminal acetylenes is 1. The van der Waals surface area contributed by atoms with Gasteiger partial charge in [0, 0.05) is 12.0 Å². The van der Waals surface area contributed by atoms with Crippen LogP contribution in [-0.4, -0.2) is 18.0 Å². The zero-order chi connectivity index (χ0) is 12.8. The van der Waals surface area contributed by atoms with Gasteiger partial charge < -0.3 is 10.5 Å². The smallest absolute Gasteiger partial charge is 0.338 e. The van der Waals surface area contributed by atoms with E-state index in [-0.39, 0.29) is 6.10 Å². The van der Waals surface area contributed by atoms with Crippen molar-refractivity contribution in [3.63, 3.8) is 0 Å². The number of primary amides is 1. The molecule has 0 radical (unpaired) electrons. The first-order valence-corrected chi connectivity index (χ1v) is 5.09. The quantitative estimate of drug-likeness (QED) is 0.628. The average Bonchev–Trinajstić information content (AvgIpc) is 2.29. The SMILES string of the molecule is C#CC[C@@H](C)OC(=O)c1ccc(C(N)=O)cc1. The van der Waals surface area contributed by atoms with Gasteiger partial charge >= 0.3 is 5.97 Å². The van der Waals surface area contributed by atoms with Crippen molar-refractivity contribution in [3.05, 3.63) is 35.4 Å². The van der Waals surface area contributed by atoms with Gasteiger partial charge in [-0.3, -0.25) is 4.79 Å². The Bertz CT molecular complexity index is 457. The molecule has 0 unspecified atom stereocenters. The number of hydrogen-bond donors (Lipinski definition) is 1. The standard InChI is InChI=1S/C13H13NO3/c1-3-4-9(2)17-13(16)11-7-5-10(6-8-11)12(14)15/h1,5-9H,4H2,2H3,(H2,14,15)/t9-/m1/s1. The summed E-state index contributed by atoms with van der Waals surface area (Å²) in [6.45, 7) is 1.72. The van der Waals surface area contributed by atoms with Gasteiger partial charge in [-0.25, -0.2) is 4.79 Å². The molecule has 1 amide bonds. The summed E-state index contributed by atoms with van der Waals surface area (Å²) in [4.78, 5) is 22.4. The molecule has 0 aliphatic carbocycles. The molecule has 0 aliphatic rings. The van der Waals surface area contributed by atoms with Gasteiger partial charge in [0.25, 0.3) is 0 Å². The molecular formula is C13H13NO3. The van der Waals surface area contributed by atoms with Gasteiger partial charge in [0.2, 0.25) is 5.91 Å². The van der Waals surface area contributed by atoms with Crippen molar-refractivity contribution < 1.29 is 14.3 Å². The van der Waals surface area contributed by atoms with Crippen LogP contribution in [0.3, 0.4) is 0 Å². The lowest BCUT2D eigenvalue weighted by Gasteiger charge is -2.10. The molecule has 0 heterocycles. The van der Waals surface area contributed by atoms with E-state index < -0.39 is 11.9 Å². The lowest BCUT2D eigenvalue weighted by atomic mass is 10.1. The van der Waals surface area contributed by atoms with Crippen LogP contribution in [0.1, 0.15) is 34.1 Å². The van der Waals surface area contributed by atoms with E-state index in [1.54, 1.807) is 6.92 Å². The number of carbonyl (C=O) groups excluding carboxylic acids is 2. The first-order valence-electron chi connectivity index (χ1n) is 5.09. The summed E-state index contributed by atoms with van der Waals surface area (Å²) in [5.74, 6) is 1.40. The molecule has 2 N–H and O–H groups in total. The third kappa shape index (κ3) is 3.65. The van der Waals surface area contributed by atoms with Crippen LogP contribution in [0.15, 0.2) is 24.3 Å². The summed E-state index contributed by atoms with van der Waals surface area (Å²) >= 11 is 0. The molecule has 1 aromatic carbocycles. The molecule has 0 spiro atoms. The molecule has 4 heteroatoms. The first-order chi connectivity index (χ1) is 8.04. The maximum Gasteiger partial charge on any atom is 0.338 e. The summed E-state index contributed by atoms with van der Waals surface area (Å²) in [5.41, 5.74) is 5.79. The highest BCUT2D eigenvalue weighted by molar-refractivity contribution is 5.95. The van der Waals surface area contributed by atoms with E-state index >= 15 is 0 Å². The highest BCUT2D eigenvalue weighted by atomic mass is 16.5. The van der Waals surface area contributed by atoms with E-state index in [4.69, 9.17) is 16.9 Å². The Morgan fingerprint density at radius 1 is 1.35 bits per heavy atom. The van der Waals surface area contributed by atoms with Crippen LogP contribution in [0.4, 0.5) is 0 Å². The molecule has 0 bridgehead atoms. The molecule has 4 nitrogen and oxygen atoms in total. The van der Waals surface area contributed by atoms with Gasteiger partial charge in [0.1, 0.15) is 6.10 Å². The Balaban J connectivity index is 2.70. The van der Waals surface area contributed by atoms with Crippen LogP contribution in [-0.2, 0) is 4.74 Å². The minimum atomic E-state index is -0.536. The largest absolute Gasteiger partial charge is 0.458 e. The Hall–Kier alpha value is -2.28. The minimum absolute atomic E-state index is 0.330. The second kappa shape index (κ2) is 5.71. The van der Waals surface area contributed by atoms with Gasteiger partial charge in [-0.05, 0) is 31.2 Å². The number of hydrogen-bond acceptors (Lipinski definition) is 3. The Labute approximate surface area is 99.8 Å². The summed E-state index contributed by atoms with van der Waals surface area (Å²) in [6.07, 6.45) is 5.14. The Kier molecular flexibility index (Phi) is 4.29. The first kappa shape index (κ1) is 12.8. The second-order valence-corrected chi connectivity index (χ2v) is 3.57. The number of amides is 1. The predicted molar refractivity (Wildman–Crippen MR) is 63.3 cm³/mol. The number of rotatable bonds is 4. The Morgan fingerprint density at radius 2 is 1.88 bits per heavy atom. The maximum atomic E-state index is 11.6. The van der Waals surface area contributed by atoms with Crippen molar-refractivity contribution in [2.75, 3.05) is 0 Å². The topological polar surface area (TPSA) is 69.4 Å². The third-order valence-corrected chi connectivity index (χ3v) is 2.12. The van der Waals surface area contributed by atoms with Crippen LogP contribution in [0, 0.1) is 12.3 Å². The predicted octanol–water partition coefficient (Wildman–Crippen LogP) is 1.35. The number of carbonyl (C=O) groups is 2. The molecule has 17 heavy (non-hydrogen) atoms. The van der Waals surface area contributed by atoms with E-state index in [0.717, 1.165) is 0 Å². The molecule has 0 saturated heterocycles. The molecule has 1 atom stereocenters. The molecular weight excluding hydrogens is 218 g/mol. The van der Waals surface area contributed by atoms with Crippen molar-refractivity contribution in [2.24, 2.45) is 5.73 Å². The van der Waals surface area contributed by atoms with E-state index in [2.05, 4.69) is 5.92 Å². The van der Waals surface area contributed by atoms with Crippen molar-refractivity contribution in [3.8, 4) is 12.3 Å². The number of esters is 1. The normalized spacial score (nSPS) is 11.3. The van der Waals surface area contributed by atoms with Gasteiger partial charge in [-0.2, -0.15) is 0 Å². The Morgan fingerprint density at radius 3 is 2.35 bits per heavy atom. The molecule has 0 fully saturated rings. The number of benzene rings is 1. The lowest BCUT2D eigenvalue weighted by Crippen LogP contribution is -2.15. The summed E-state index contributed by atoms with van der Waals surface area (Å²) < 4.78 is 5.08. The van der Waals surface area contributed by atoms with Crippen LogP contribution in [0.25, 0.3) is 0 Å². The molecule has 1 aromatic rings. The van der Waals surface area contributed by atoms with Crippen molar-refractivity contribution in [1.82, 2.24) is 0 Å². The monoisotopic (exact) mass is 231 g/mol. The second-order valence-electron chi connectivity index (χ2n) is 3.57. The average molecular weight is 231 g/mol. The summed E-state index contributed by atoms with van der Waals surface area (Å²) in [5, 5.41) is 0. The van der Waals surface area contributed by atoms with E-state index in [0.29, 0.717) is 17.5 Å². The van der Waals surface area contributed by atoms with Crippen LogP contribution in [0.2, 0.25) is 0 Å². The molecule has 1 rings (SSSR count). The summed E-state index contributed by atoms with van der Waals surface area (Å²) in [7, 11) is 0. The van der Waals surface area contributed by atoms with Gasteiger partial charge in [0.05, 0.1) is 5.56 Å². The van der Waals surface area contributed by atoms with Crippen LogP contribution in [0.5, 0.6) is 0 Å². The van der Waals surface area contributed by atoms with Gasteiger partial charge in [-0.1, -0.05) is 0 Å². The highest BCUT2D eigenvalue weighted by Crippen LogP contribution is 2.08. The molecule has 88 valence electrons. The minimum Gasteiger partial charge on any atom is -0.458 e. The lowest BCUT2D eigenvalue weighted by molar-refractivity contribution is 0.0352. The fourth-order valence-electron chi connectivity index (χ4n) is 1.23. The summed E-state index contributed by atoms with van der Waals surface area (Å²) in [6, 6.07) is 5.94. The van der Waals surface area contributed by atoms with Gasteiger partial charge in [-0.15, -0.1) is 12.3 Å². The van der Waals surface area contributed by atoms with E-state index in [9.17, 15) is 9.59 Å². The zero-order valence-corrected chi connectivity index (χ0v) is 9.47. The van der Waals surface area contributed by atoms with E-state index in [1.807, 2.05) is 0 Å². The number of ether oxygens (including phenoxy) is 1. The molecule has 0 saturated carbocycles. The zero-order valence-electron chi connectivity index (χ0n) is 9.47. The van der Waals surface area contributed by atoms with Crippen LogP contribution < -0.4 is 5.73 Å². The van der Waals surface area contributed by atoms with E-state index in [1.165, 1.54) is 24.3 Å². The fraction of sp³-hybridized carbons (Fsp3) is 0.231. The molecule has 0 aromatic heterocycles.